The lowest BCUT2D eigenvalue weighted by Crippen LogP contribution is -2.44. The van der Waals surface area contributed by atoms with Crippen LogP contribution in [0.4, 0.5) is 0 Å². The monoisotopic (exact) mass is 394 g/mol. The van der Waals surface area contributed by atoms with Gasteiger partial charge in [0, 0.05) is 50.1 Å². The molecule has 0 aromatic carbocycles. The SMILES string of the molecule is CN=C(NCCN1CCOCC1)NCc1cn2cc(Br)ccc2n1. The summed E-state index contributed by atoms with van der Waals surface area (Å²) < 4.78 is 8.40. The van der Waals surface area contributed by atoms with E-state index < -0.39 is 0 Å². The molecule has 1 aliphatic rings. The lowest BCUT2D eigenvalue weighted by atomic mass is 10.4. The highest BCUT2D eigenvalue weighted by Gasteiger charge is 2.09. The van der Waals surface area contributed by atoms with Crippen molar-refractivity contribution in [3.63, 3.8) is 0 Å². The van der Waals surface area contributed by atoms with Gasteiger partial charge in [-0.2, -0.15) is 0 Å². The molecular weight excluding hydrogens is 372 g/mol. The van der Waals surface area contributed by atoms with Crippen molar-refractivity contribution in [1.29, 1.82) is 0 Å². The van der Waals surface area contributed by atoms with Crippen LogP contribution in [0.5, 0.6) is 0 Å². The zero-order valence-electron chi connectivity index (χ0n) is 13.8. The van der Waals surface area contributed by atoms with Gasteiger partial charge in [0.15, 0.2) is 5.96 Å². The van der Waals surface area contributed by atoms with Gasteiger partial charge in [-0.15, -0.1) is 0 Å². The summed E-state index contributed by atoms with van der Waals surface area (Å²) in [5.74, 6) is 0.793. The molecule has 0 bridgehead atoms. The minimum absolute atomic E-state index is 0.635. The molecule has 2 aromatic heterocycles. The molecule has 2 aromatic rings. The van der Waals surface area contributed by atoms with E-state index in [2.05, 4.69) is 41.4 Å². The number of pyridine rings is 1. The van der Waals surface area contributed by atoms with E-state index in [1.807, 2.05) is 28.9 Å². The van der Waals surface area contributed by atoms with Gasteiger partial charge in [0.05, 0.1) is 25.5 Å². The Morgan fingerprint density at radius 1 is 1.29 bits per heavy atom. The third kappa shape index (κ3) is 4.68. The molecule has 8 heteroatoms. The molecule has 1 saturated heterocycles. The third-order valence-corrected chi connectivity index (χ3v) is 4.42. The Morgan fingerprint density at radius 2 is 2.12 bits per heavy atom. The van der Waals surface area contributed by atoms with Crippen molar-refractivity contribution < 1.29 is 4.74 Å². The molecule has 0 aliphatic carbocycles. The summed E-state index contributed by atoms with van der Waals surface area (Å²) in [5.41, 5.74) is 1.91. The number of hydrogen-bond acceptors (Lipinski definition) is 4. The molecule has 0 saturated carbocycles. The first-order valence-electron chi connectivity index (χ1n) is 8.12. The molecule has 130 valence electrons. The van der Waals surface area contributed by atoms with Gasteiger partial charge in [0.25, 0.3) is 0 Å². The summed E-state index contributed by atoms with van der Waals surface area (Å²) in [6.07, 6.45) is 4.02. The Labute approximate surface area is 150 Å². The van der Waals surface area contributed by atoms with Gasteiger partial charge >= 0.3 is 0 Å². The van der Waals surface area contributed by atoms with E-state index in [9.17, 15) is 0 Å². The van der Waals surface area contributed by atoms with Crippen LogP contribution < -0.4 is 10.6 Å². The molecule has 0 unspecified atom stereocenters. The number of halogens is 1. The fraction of sp³-hybridized carbons (Fsp3) is 0.500. The van der Waals surface area contributed by atoms with Gasteiger partial charge in [-0.25, -0.2) is 4.98 Å². The Morgan fingerprint density at radius 3 is 2.92 bits per heavy atom. The van der Waals surface area contributed by atoms with Gasteiger partial charge in [-0.05, 0) is 28.1 Å². The number of rotatable bonds is 5. The summed E-state index contributed by atoms with van der Waals surface area (Å²) >= 11 is 3.47. The van der Waals surface area contributed by atoms with E-state index in [1.54, 1.807) is 7.05 Å². The van der Waals surface area contributed by atoms with Gasteiger partial charge in [-0.3, -0.25) is 9.89 Å². The maximum atomic E-state index is 5.36. The number of nitrogens with one attached hydrogen (secondary N) is 2. The predicted molar refractivity (Wildman–Crippen MR) is 98.4 cm³/mol. The van der Waals surface area contributed by atoms with Gasteiger partial charge < -0.3 is 19.8 Å². The fourth-order valence-electron chi connectivity index (χ4n) is 2.65. The highest BCUT2D eigenvalue weighted by atomic mass is 79.9. The molecule has 0 amide bonds. The highest BCUT2D eigenvalue weighted by molar-refractivity contribution is 9.10. The second-order valence-electron chi connectivity index (χ2n) is 5.65. The van der Waals surface area contributed by atoms with Crippen LogP contribution in [0.25, 0.3) is 5.65 Å². The first-order chi connectivity index (χ1) is 11.7. The summed E-state index contributed by atoms with van der Waals surface area (Å²) in [6.45, 7) is 6.16. The normalized spacial score (nSPS) is 16.5. The van der Waals surface area contributed by atoms with Crippen molar-refractivity contribution in [3.05, 3.63) is 34.7 Å². The van der Waals surface area contributed by atoms with Crippen LogP contribution in [-0.4, -0.2) is 66.7 Å². The molecule has 7 nitrogen and oxygen atoms in total. The van der Waals surface area contributed by atoms with E-state index in [1.165, 1.54) is 0 Å². The van der Waals surface area contributed by atoms with Crippen molar-refractivity contribution in [1.82, 2.24) is 24.9 Å². The van der Waals surface area contributed by atoms with Gasteiger partial charge in [0.2, 0.25) is 0 Å². The fourth-order valence-corrected chi connectivity index (χ4v) is 3.01. The van der Waals surface area contributed by atoms with Crippen LogP contribution in [0.2, 0.25) is 0 Å². The van der Waals surface area contributed by atoms with Crippen molar-refractivity contribution in [2.45, 2.75) is 6.54 Å². The molecule has 24 heavy (non-hydrogen) atoms. The van der Waals surface area contributed by atoms with E-state index in [-0.39, 0.29) is 0 Å². The van der Waals surface area contributed by atoms with Crippen LogP contribution in [0, 0.1) is 0 Å². The van der Waals surface area contributed by atoms with Crippen LogP contribution in [0.15, 0.2) is 34.0 Å². The third-order valence-electron chi connectivity index (χ3n) is 3.95. The molecule has 1 aliphatic heterocycles. The quantitative estimate of drug-likeness (QED) is 0.586. The predicted octanol–water partition coefficient (Wildman–Crippen LogP) is 1.09. The number of aromatic nitrogens is 2. The molecule has 3 rings (SSSR count). The smallest absolute Gasteiger partial charge is 0.191 e. The number of guanidine groups is 1. The van der Waals surface area contributed by atoms with E-state index in [0.29, 0.717) is 6.54 Å². The van der Waals surface area contributed by atoms with Crippen LogP contribution in [0.1, 0.15) is 5.69 Å². The average molecular weight is 395 g/mol. The Kier molecular flexibility index (Phi) is 6.06. The van der Waals surface area contributed by atoms with Crippen molar-refractivity contribution in [3.8, 4) is 0 Å². The summed E-state index contributed by atoms with van der Waals surface area (Å²) in [6, 6.07) is 3.98. The zero-order valence-corrected chi connectivity index (χ0v) is 15.4. The highest BCUT2D eigenvalue weighted by Crippen LogP contribution is 2.12. The van der Waals surface area contributed by atoms with Gasteiger partial charge in [0.1, 0.15) is 5.65 Å². The number of hydrogen-bond donors (Lipinski definition) is 2. The second-order valence-corrected chi connectivity index (χ2v) is 6.57. The number of fused-ring (bicyclic) bond motifs is 1. The van der Waals surface area contributed by atoms with E-state index >= 15 is 0 Å². The molecule has 2 N–H and O–H groups in total. The standard InChI is InChI=1S/C16H23BrN6O/c1-18-16(19-4-5-22-6-8-24-9-7-22)20-10-14-12-23-11-13(17)2-3-15(23)21-14/h2-3,11-12H,4-10H2,1H3,(H2,18,19,20). The second kappa shape index (κ2) is 8.46. The number of imidazole rings is 1. The number of nitrogens with zero attached hydrogens (tertiary/aromatic N) is 4. The molecular formula is C16H23BrN6O. The summed E-state index contributed by atoms with van der Waals surface area (Å²) in [5, 5.41) is 6.65. The lowest BCUT2D eigenvalue weighted by Gasteiger charge is -2.26. The van der Waals surface area contributed by atoms with E-state index in [0.717, 1.165) is 61.2 Å². The maximum Gasteiger partial charge on any atom is 0.191 e. The molecule has 3 heterocycles. The van der Waals surface area contributed by atoms with Crippen molar-refractivity contribution >= 4 is 27.5 Å². The first-order valence-corrected chi connectivity index (χ1v) is 8.91. The van der Waals surface area contributed by atoms with Crippen LogP contribution in [-0.2, 0) is 11.3 Å². The van der Waals surface area contributed by atoms with E-state index in [4.69, 9.17) is 4.74 Å². The van der Waals surface area contributed by atoms with Crippen LogP contribution in [0.3, 0.4) is 0 Å². The molecule has 1 fully saturated rings. The maximum absolute atomic E-state index is 5.36. The largest absolute Gasteiger partial charge is 0.379 e. The summed E-state index contributed by atoms with van der Waals surface area (Å²) in [4.78, 5) is 11.2. The number of morpholine rings is 1. The molecule has 0 spiro atoms. The van der Waals surface area contributed by atoms with Gasteiger partial charge in [-0.1, -0.05) is 0 Å². The minimum Gasteiger partial charge on any atom is -0.379 e. The van der Waals surface area contributed by atoms with Crippen LogP contribution >= 0.6 is 15.9 Å². The molecule has 0 radical (unpaired) electrons. The zero-order chi connectivity index (χ0) is 16.8. The Balaban J connectivity index is 1.46. The first kappa shape index (κ1) is 17.2. The topological polar surface area (TPSA) is 66.2 Å². The Hall–Kier alpha value is -1.64. The van der Waals surface area contributed by atoms with Crippen molar-refractivity contribution in [2.24, 2.45) is 4.99 Å². The number of aliphatic imine (C=N–C) groups is 1. The minimum atomic E-state index is 0.635. The summed E-state index contributed by atoms with van der Waals surface area (Å²) in [7, 11) is 1.78. The Bertz CT molecular complexity index is 695. The number of ether oxygens (including phenoxy) is 1. The molecule has 0 atom stereocenters. The average Bonchev–Trinajstić information content (AvgIpc) is 3.00. The lowest BCUT2D eigenvalue weighted by molar-refractivity contribution is 0.0389. The van der Waals surface area contributed by atoms with Crippen molar-refractivity contribution in [2.75, 3.05) is 46.4 Å².